The van der Waals surface area contributed by atoms with Gasteiger partial charge in [-0.05, 0) is 56.5 Å². The first-order valence-corrected chi connectivity index (χ1v) is 13.0. The molecule has 1 fully saturated rings. The van der Waals surface area contributed by atoms with Gasteiger partial charge in [0.25, 0.3) is 0 Å². The number of nitrogens with one attached hydrogen (secondary N) is 2. The zero-order valence-corrected chi connectivity index (χ0v) is 20.9. The number of aromatic nitrogens is 2. The van der Waals surface area contributed by atoms with Crippen LogP contribution in [0.4, 0.5) is 10.9 Å². The number of benzene rings is 1. The Morgan fingerprint density at radius 1 is 1.09 bits per heavy atom. The monoisotopic (exact) mass is 502 g/mol. The van der Waals surface area contributed by atoms with Gasteiger partial charge in [-0.3, -0.25) is 9.52 Å². The van der Waals surface area contributed by atoms with E-state index in [1.54, 1.807) is 51.8 Å². The molecule has 0 spiro atoms. The zero-order chi connectivity index (χ0) is 24.5. The van der Waals surface area contributed by atoms with Crippen LogP contribution >= 0.6 is 11.3 Å². The number of carbonyl (C=O) groups excluding carboxylic acids is 1. The van der Waals surface area contributed by atoms with E-state index < -0.39 is 15.4 Å². The lowest BCUT2D eigenvalue weighted by Crippen LogP contribution is -2.35. The third kappa shape index (κ3) is 5.15. The van der Waals surface area contributed by atoms with Crippen LogP contribution in [0.1, 0.15) is 32.4 Å². The van der Waals surface area contributed by atoms with E-state index >= 15 is 0 Å². The van der Waals surface area contributed by atoms with E-state index in [2.05, 4.69) is 20.0 Å². The lowest BCUT2D eigenvalue weighted by atomic mass is 9.89. The summed E-state index contributed by atoms with van der Waals surface area (Å²) in [6.07, 6.45) is 2.99. The second-order valence-electron chi connectivity index (χ2n) is 8.50. The van der Waals surface area contributed by atoms with Gasteiger partial charge in [0.2, 0.25) is 15.9 Å². The second-order valence-corrected chi connectivity index (χ2v) is 11.3. The maximum atomic E-state index is 13.0. The summed E-state index contributed by atoms with van der Waals surface area (Å²) in [5.74, 6) is 1.41. The van der Waals surface area contributed by atoms with Crippen molar-refractivity contribution in [2.75, 3.05) is 24.3 Å². The second kappa shape index (κ2) is 9.22. The van der Waals surface area contributed by atoms with Crippen molar-refractivity contribution in [3.05, 3.63) is 47.6 Å². The third-order valence-electron chi connectivity index (χ3n) is 5.59. The summed E-state index contributed by atoms with van der Waals surface area (Å²) in [5.41, 5.74) is 1.18. The Morgan fingerprint density at radius 2 is 1.76 bits per heavy atom. The Bertz CT molecular complexity index is 1280. The smallest absolute Gasteiger partial charge is 0.237 e. The molecule has 0 saturated heterocycles. The van der Waals surface area contributed by atoms with E-state index in [0.29, 0.717) is 35.9 Å². The molecule has 0 aliphatic heterocycles. The molecule has 0 unspecified atom stereocenters. The topological polar surface area (TPSA) is 120 Å². The number of thiazole rings is 1. The number of pyridine rings is 1. The van der Waals surface area contributed by atoms with Crippen molar-refractivity contribution in [2.45, 2.75) is 37.4 Å². The Labute approximate surface area is 202 Å². The SMILES string of the molecule is COc1cc(OC)cc(-c2ccc(NC(=O)C(C)(C)c3csc(NS(=O)(=O)C4CC4)n3)nc2)c1. The average Bonchev–Trinajstić information content (AvgIpc) is 3.59. The highest BCUT2D eigenvalue weighted by Crippen LogP contribution is 2.33. The van der Waals surface area contributed by atoms with Crippen molar-refractivity contribution < 1.29 is 22.7 Å². The molecule has 180 valence electrons. The standard InChI is InChI=1S/C23H26N4O5S2/c1-23(2,19-13-33-22(25-19)27-34(29,30)18-6-7-18)21(28)26-20-8-5-14(12-24-20)15-9-16(31-3)11-17(10-15)32-4/h5,8-13,18H,6-7H2,1-4H3,(H,25,27)(H,24,26,28). The van der Waals surface area contributed by atoms with Gasteiger partial charge in [-0.1, -0.05) is 0 Å². The number of methoxy groups -OCH3 is 2. The fourth-order valence-electron chi connectivity index (χ4n) is 3.19. The minimum Gasteiger partial charge on any atom is -0.497 e. The van der Waals surface area contributed by atoms with Gasteiger partial charge in [0.1, 0.15) is 17.3 Å². The first-order valence-electron chi connectivity index (χ1n) is 10.6. The van der Waals surface area contributed by atoms with E-state index in [4.69, 9.17) is 9.47 Å². The predicted octanol–water partition coefficient (Wildman–Crippen LogP) is 4.04. The fraction of sp³-hybridized carbons (Fsp3) is 0.348. The normalized spacial score (nSPS) is 13.9. The fourth-order valence-corrected chi connectivity index (χ4v) is 5.67. The van der Waals surface area contributed by atoms with E-state index in [1.165, 1.54) is 0 Å². The lowest BCUT2D eigenvalue weighted by Gasteiger charge is -2.21. The van der Waals surface area contributed by atoms with Crippen LogP contribution in [0.3, 0.4) is 0 Å². The number of sulfonamides is 1. The van der Waals surface area contributed by atoms with Gasteiger partial charge in [-0.15, -0.1) is 11.3 Å². The number of ether oxygens (including phenoxy) is 2. The maximum Gasteiger partial charge on any atom is 0.237 e. The number of carbonyl (C=O) groups is 1. The van der Waals surface area contributed by atoms with Crippen LogP contribution in [0.25, 0.3) is 11.1 Å². The number of rotatable bonds is 9. The molecule has 4 rings (SSSR count). The Balaban J connectivity index is 1.46. The molecule has 1 saturated carbocycles. The van der Waals surface area contributed by atoms with Crippen molar-refractivity contribution in [2.24, 2.45) is 0 Å². The van der Waals surface area contributed by atoms with Gasteiger partial charge in [-0.25, -0.2) is 18.4 Å². The van der Waals surface area contributed by atoms with Gasteiger partial charge < -0.3 is 14.8 Å². The number of hydrogen-bond donors (Lipinski definition) is 2. The van der Waals surface area contributed by atoms with Crippen molar-refractivity contribution >= 4 is 38.2 Å². The van der Waals surface area contributed by atoms with Crippen molar-refractivity contribution in [1.29, 1.82) is 0 Å². The Morgan fingerprint density at radius 3 is 2.32 bits per heavy atom. The highest BCUT2D eigenvalue weighted by molar-refractivity contribution is 7.93. The lowest BCUT2D eigenvalue weighted by molar-refractivity contribution is -0.120. The molecule has 34 heavy (non-hydrogen) atoms. The van der Waals surface area contributed by atoms with Crippen LogP contribution in [0.15, 0.2) is 41.9 Å². The quantitative estimate of drug-likeness (QED) is 0.453. The molecule has 1 aromatic carbocycles. The van der Waals surface area contributed by atoms with Gasteiger partial charge >= 0.3 is 0 Å². The van der Waals surface area contributed by atoms with E-state index in [-0.39, 0.29) is 16.3 Å². The van der Waals surface area contributed by atoms with Gasteiger partial charge in [0.05, 0.1) is 30.6 Å². The molecule has 2 aromatic heterocycles. The van der Waals surface area contributed by atoms with Crippen LogP contribution in [0.5, 0.6) is 11.5 Å². The summed E-state index contributed by atoms with van der Waals surface area (Å²) in [7, 11) is -0.230. The number of amides is 1. The highest BCUT2D eigenvalue weighted by Gasteiger charge is 2.37. The van der Waals surface area contributed by atoms with Gasteiger partial charge in [0.15, 0.2) is 5.13 Å². The first-order chi connectivity index (χ1) is 16.1. The number of hydrogen-bond acceptors (Lipinski definition) is 8. The molecule has 1 aliphatic carbocycles. The summed E-state index contributed by atoms with van der Waals surface area (Å²) in [4.78, 5) is 21.7. The summed E-state index contributed by atoms with van der Waals surface area (Å²) in [6.45, 7) is 3.46. The number of anilines is 2. The summed E-state index contributed by atoms with van der Waals surface area (Å²) in [6, 6.07) is 9.09. The van der Waals surface area contributed by atoms with Crippen LogP contribution < -0.4 is 19.5 Å². The van der Waals surface area contributed by atoms with Crippen molar-refractivity contribution in [3.8, 4) is 22.6 Å². The Hall–Kier alpha value is -3.18. The van der Waals surface area contributed by atoms with Crippen molar-refractivity contribution in [1.82, 2.24) is 9.97 Å². The zero-order valence-electron chi connectivity index (χ0n) is 19.3. The molecule has 2 N–H and O–H groups in total. The molecule has 2 heterocycles. The summed E-state index contributed by atoms with van der Waals surface area (Å²) in [5, 5.41) is 4.43. The van der Waals surface area contributed by atoms with E-state index in [0.717, 1.165) is 22.5 Å². The molecule has 11 heteroatoms. The molecule has 9 nitrogen and oxygen atoms in total. The summed E-state index contributed by atoms with van der Waals surface area (Å²) >= 11 is 1.16. The molecule has 0 radical (unpaired) electrons. The first kappa shape index (κ1) is 24.0. The van der Waals surface area contributed by atoms with Gasteiger partial charge in [0, 0.05) is 23.2 Å². The predicted molar refractivity (Wildman–Crippen MR) is 132 cm³/mol. The van der Waals surface area contributed by atoms with Crippen molar-refractivity contribution in [3.63, 3.8) is 0 Å². The minimum absolute atomic E-state index is 0.263. The molecule has 1 amide bonds. The third-order valence-corrected chi connectivity index (χ3v) is 8.31. The molecule has 1 aliphatic rings. The van der Waals surface area contributed by atoms with Gasteiger partial charge in [-0.2, -0.15) is 0 Å². The summed E-state index contributed by atoms with van der Waals surface area (Å²) < 4.78 is 37.5. The van der Waals surface area contributed by atoms with Crippen LogP contribution in [-0.4, -0.2) is 43.8 Å². The largest absolute Gasteiger partial charge is 0.497 e. The van der Waals surface area contributed by atoms with E-state index in [1.807, 2.05) is 18.2 Å². The van der Waals surface area contributed by atoms with Crippen LogP contribution in [0.2, 0.25) is 0 Å². The minimum atomic E-state index is -3.41. The van der Waals surface area contributed by atoms with Crippen LogP contribution in [0, 0.1) is 0 Å². The maximum absolute atomic E-state index is 13.0. The Kier molecular flexibility index (Phi) is 6.50. The highest BCUT2D eigenvalue weighted by atomic mass is 32.2. The molecular weight excluding hydrogens is 476 g/mol. The van der Waals surface area contributed by atoms with E-state index in [9.17, 15) is 13.2 Å². The number of nitrogens with zero attached hydrogens (tertiary/aromatic N) is 2. The average molecular weight is 503 g/mol. The van der Waals surface area contributed by atoms with Crippen LogP contribution in [-0.2, 0) is 20.2 Å². The molecular formula is C23H26N4O5S2. The molecule has 0 atom stereocenters. The molecule has 3 aromatic rings. The molecule has 0 bridgehead atoms.